The maximum atomic E-state index is 8.98. The summed E-state index contributed by atoms with van der Waals surface area (Å²) >= 11 is 0. The summed E-state index contributed by atoms with van der Waals surface area (Å²) in [4.78, 5) is 0. The first kappa shape index (κ1) is 11.4. The van der Waals surface area contributed by atoms with Gasteiger partial charge in [0.2, 0.25) is 0 Å². The van der Waals surface area contributed by atoms with Gasteiger partial charge in [-0.3, -0.25) is 9.08 Å². The molecule has 0 saturated carbocycles. The number of hydrogen-bond donors (Lipinski definition) is 0. The summed E-state index contributed by atoms with van der Waals surface area (Å²) in [6.45, 7) is 2.05. The van der Waals surface area contributed by atoms with Crippen LogP contribution in [0.3, 0.4) is 0 Å². The van der Waals surface area contributed by atoms with E-state index in [0.29, 0.717) is 5.56 Å². The summed E-state index contributed by atoms with van der Waals surface area (Å²) in [6.07, 6.45) is 4.49. The third-order valence-electron chi connectivity index (χ3n) is 3.01. The van der Waals surface area contributed by atoms with Gasteiger partial charge >= 0.3 is 0 Å². The molecule has 0 unspecified atom stereocenters. The first-order valence-electron chi connectivity index (χ1n) is 6.00. The van der Waals surface area contributed by atoms with Crippen LogP contribution in [0.5, 0.6) is 0 Å². The molecule has 94 valence electrons. The van der Waals surface area contributed by atoms with E-state index in [1.165, 1.54) is 0 Å². The van der Waals surface area contributed by atoms with Crippen LogP contribution in [-0.2, 0) is 13.5 Å². The van der Waals surface area contributed by atoms with Gasteiger partial charge in [0.05, 0.1) is 16.8 Å². The monoisotopic (exact) mass is 252 g/mol. The molecule has 3 aromatic heterocycles. The number of aryl methyl sites for hydroxylation is 2. The van der Waals surface area contributed by atoms with Gasteiger partial charge in [-0.15, -0.1) is 10.2 Å². The molecular weight excluding hydrogens is 240 g/mol. The summed E-state index contributed by atoms with van der Waals surface area (Å²) in [7, 11) is 1.88. The largest absolute Gasteiger partial charge is 0.281 e. The molecule has 0 aliphatic carbocycles. The van der Waals surface area contributed by atoms with Crippen molar-refractivity contribution in [2.45, 2.75) is 13.3 Å². The summed E-state index contributed by atoms with van der Waals surface area (Å²) in [5.74, 6) is 0.719. The Hall–Kier alpha value is -2.68. The van der Waals surface area contributed by atoms with Crippen LogP contribution in [-0.4, -0.2) is 24.4 Å². The Morgan fingerprint density at radius 2 is 2.11 bits per heavy atom. The van der Waals surface area contributed by atoms with Gasteiger partial charge in [-0.2, -0.15) is 10.4 Å². The van der Waals surface area contributed by atoms with Crippen molar-refractivity contribution in [3.63, 3.8) is 0 Å². The first-order valence-corrected chi connectivity index (χ1v) is 6.00. The summed E-state index contributed by atoms with van der Waals surface area (Å²) in [5, 5.41) is 21.7. The van der Waals surface area contributed by atoms with E-state index in [1.807, 2.05) is 17.6 Å². The molecule has 0 atom stereocenters. The summed E-state index contributed by atoms with van der Waals surface area (Å²) in [6, 6.07) is 5.65. The van der Waals surface area contributed by atoms with E-state index in [9.17, 15) is 0 Å². The van der Waals surface area contributed by atoms with E-state index < -0.39 is 0 Å². The van der Waals surface area contributed by atoms with Gasteiger partial charge in [-0.05, 0) is 18.6 Å². The fraction of sp³-hybridized carbons (Fsp3) is 0.231. The van der Waals surface area contributed by atoms with Gasteiger partial charge in [0, 0.05) is 19.4 Å². The number of rotatable bonds is 2. The average molecular weight is 252 g/mol. The second kappa shape index (κ2) is 4.21. The maximum absolute atomic E-state index is 8.98. The minimum atomic E-state index is 0.579. The Labute approximate surface area is 109 Å². The number of nitrogens with zero attached hydrogens (tertiary/aromatic N) is 6. The lowest BCUT2D eigenvalue weighted by molar-refractivity contribution is 0.746. The van der Waals surface area contributed by atoms with Gasteiger partial charge in [0.1, 0.15) is 6.07 Å². The van der Waals surface area contributed by atoms with Gasteiger partial charge < -0.3 is 0 Å². The van der Waals surface area contributed by atoms with Gasteiger partial charge in [0.25, 0.3) is 0 Å². The third-order valence-corrected chi connectivity index (χ3v) is 3.01. The molecule has 0 amide bonds. The number of pyridine rings is 1. The molecule has 3 aromatic rings. The van der Waals surface area contributed by atoms with Crippen LogP contribution in [0, 0.1) is 11.3 Å². The van der Waals surface area contributed by atoms with Gasteiger partial charge in [0.15, 0.2) is 11.5 Å². The molecule has 0 radical (unpaired) electrons. The average Bonchev–Trinajstić information content (AvgIpc) is 3.00. The maximum Gasteiger partial charge on any atom is 0.171 e. The molecule has 3 heterocycles. The van der Waals surface area contributed by atoms with Crippen LogP contribution in [0.4, 0.5) is 0 Å². The zero-order chi connectivity index (χ0) is 13.4. The van der Waals surface area contributed by atoms with Crippen LogP contribution in [0.25, 0.3) is 17.0 Å². The number of hydrogen-bond acceptors (Lipinski definition) is 4. The van der Waals surface area contributed by atoms with Crippen LogP contribution >= 0.6 is 0 Å². The molecule has 3 rings (SSSR count). The van der Waals surface area contributed by atoms with E-state index >= 15 is 0 Å². The second-order valence-electron chi connectivity index (χ2n) is 4.30. The first-order chi connectivity index (χ1) is 9.22. The lowest BCUT2D eigenvalue weighted by Gasteiger charge is -1.99. The topological polar surface area (TPSA) is 71.8 Å². The zero-order valence-corrected chi connectivity index (χ0v) is 10.7. The summed E-state index contributed by atoms with van der Waals surface area (Å²) in [5.41, 5.74) is 3.22. The fourth-order valence-electron chi connectivity index (χ4n) is 2.12. The van der Waals surface area contributed by atoms with Crippen molar-refractivity contribution in [2.24, 2.45) is 7.05 Å². The molecule has 0 N–H and O–H groups in total. The highest BCUT2D eigenvalue weighted by atomic mass is 15.3. The number of fused-ring (bicyclic) bond motifs is 1. The highest BCUT2D eigenvalue weighted by Crippen LogP contribution is 2.22. The van der Waals surface area contributed by atoms with Crippen molar-refractivity contribution in [1.29, 1.82) is 5.26 Å². The lowest BCUT2D eigenvalue weighted by Crippen LogP contribution is -1.93. The SMILES string of the molecule is CCc1nn(C)cc1-c1nnc2ccc(C#N)cn12. The molecule has 0 aliphatic heterocycles. The van der Waals surface area contributed by atoms with E-state index in [-0.39, 0.29) is 0 Å². The Morgan fingerprint density at radius 1 is 1.26 bits per heavy atom. The smallest absolute Gasteiger partial charge is 0.171 e. The lowest BCUT2D eigenvalue weighted by atomic mass is 10.2. The Balaban J connectivity index is 2.27. The number of nitriles is 1. The standard InChI is InChI=1S/C13H12N6/c1-3-11-10(8-18(2)17-11)13-16-15-12-5-4-9(6-14)7-19(12)13/h4-5,7-8H,3H2,1-2H3. The van der Waals surface area contributed by atoms with E-state index in [4.69, 9.17) is 5.26 Å². The Morgan fingerprint density at radius 3 is 2.84 bits per heavy atom. The fourth-order valence-corrected chi connectivity index (χ4v) is 2.12. The van der Waals surface area contributed by atoms with Crippen molar-refractivity contribution >= 4 is 5.65 Å². The molecule has 0 bridgehead atoms. The normalized spacial score (nSPS) is 10.8. The number of aromatic nitrogens is 5. The quantitative estimate of drug-likeness (QED) is 0.694. The third kappa shape index (κ3) is 1.76. The Kier molecular flexibility index (Phi) is 2.53. The van der Waals surface area contributed by atoms with E-state index in [1.54, 1.807) is 23.0 Å². The molecule has 0 saturated heterocycles. The highest BCUT2D eigenvalue weighted by molar-refractivity contribution is 5.61. The van der Waals surface area contributed by atoms with Crippen LogP contribution in [0.1, 0.15) is 18.2 Å². The van der Waals surface area contributed by atoms with Crippen molar-refractivity contribution < 1.29 is 0 Å². The molecule has 0 fully saturated rings. The van der Waals surface area contributed by atoms with E-state index in [2.05, 4.69) is 28.3 Å². The van der Waals surface area contributed by atoms with Crippen molar-refractivity contribution in [1.82, 2.24) is 24.4 Å². The predicted octanol–water partition coefficient (Wildman–Crippen LogP) is 1.56. The zero-order valence-electron chi connectivity index (χ0n) is 10.7. The van der Waals surface area contributed by atoms with Crippen molar-refractivity contribution in [3.05, 3.63) is 35.8 Å². The molecule has 0 aromatic carbocycles. The Bertz CT molecular complexity index is 789. The highest BCUT2D eigenvalue weighted by Gasteiger charge is 2.14. The molecule has 6 nitrogen and oxygen atoms in total. The molecule has 0 aliphatic rings. The van der Waals surface area contributed by atoms with Crippen LogP contribution < -0.4 is 0 Å². The minimum Gasteiger partial charge on any atom is -0.281 e. The molecule has 19 heavy (non-hydrogen) atoms. The predicted molar refractivity (Wildman–Crippen MR) is 69.3 cm³/mol. The summed E-state index contributed by atoms with van der Waals surface area (Å²) < 4.78 is 3.60. The molecular formula is C13H12N6. The molecule has 0 spiro atoms. The van der Waals surface area contributed by atoms with E-state index in [0.717, 1.165) is 29.1 Å². The van der Waals surface area contributed by atoms with Gasteiger partial charge in [-0.1, -0.05) is 6.92 Å². The van der Waals surface area contributed by atoms with Crippen LogP contribution in [0.15, 0.2) is 24.5 Å². The van der Waals surface area contributed by atoms with Gasteiger partial charge in [-0.25, -0.2) is 0 Å². The minimum absolute atomic E-state index is 0.579. The van der Waals surface area contributed by atoms with Crippen molar-refractivity contribution in [2.75, 3.05) is 0 Å². The van der Waals surface area contributed by atoms with Crippen molar-refractivity contribution in [3.8, 4) is 17.5 Å². The molecule has 6 heteroatoms. The second-order valence-corrected chi connectivity index (χ2v) is 4.30. The van der Waals surface area contributed by atoms with Crippen LogP contribution in [0.2, 0.25) is 0 Å².